The summed E-state index contributed by atoms with van der Waals surface area (Å²) in [4.78, 5) is 12.8. The third kappa shape index (κ3) is 3.54. The van der Waals surface area contributed by atoms with Crippen LogP contribution in [0.1, 0.15) is 36.2 Å². The molecule has 0 radical (unpaired) electrons. The summed E-state index contributed by atoms with van der Waals surface area (Å²) >= 11 is 1.79. The number of thiophene rings is 1. The zero-order chi connectivity index (χ0) is 12.3. The Balaban J connectivity index is 1.64. The molecule has 17 heavy (non-hydrogen) atoms. The normalized spacial score (nSPS) is 16.8. The van der Waals surface area contributed by atoms with Crippen LogP contribution >= 0.6 is 11.3 Å². The van der Waals surface area contributed by atoms with E-state index in [0.29, 0.717) is 12.0 Å². The molecule has 1 heterocycles. The Hall–Kier alpha value is -0.870. The molecule has 0 spiro atoms. The maximum absolute atomic E-state index is 11.4. The van der Waals surface area contributed by atoms with Crippen molar-refractivity contribution in [3.8, 4) is 0 Å². The second-order valence-electron chi connectivity index (χ2n) is 4.71. The predicted octanol–water partition coefficient (Wildman–Crippen LogP) is 2.23. The minimum Gasteiger partial charge on any atom is -0.355 e. The maximum atomic E-state index is 11.4. The number of hydrogen-bond donors (Lipinski definition) is 2. The molecule has 0 saturated heterocycles. The van der Waals surface area contributed by atoms with Crippen LogP contribution in [-0.4, -0.2) is 19.0 Å². The second kappa shape index (κ2) is 5.65. The van der Waals surface area contributed by atoms with E-state index in [1.165, 1.54) is 10.4 Å². The highest BCUT2D eigenvalue weighted by atomic mass is 32.1. The summed E-state index contributed by atoms with van der Waals surface area (Å²) in [7, 11) is 0. The number of rotatable bonds is 6. The third-order valence-corrected chi connectivity index (χ3v) is 4.32. The molecule has 2 rings (SSSR count). The van der Waals surface area contributed by atoms with Crippen molar-refractivity contribution in [1.82, 2.24) is 10.6 Å². The molecule has 1 aromatic heterocycles. The Kier molecular flexibility index (Phi) is 4.18. The van der Waals surface area contributed by atoms with Gasteiger partial charge in [0.2, 0.25) is 5.91 Å². The number of amides is 1. The van der Waals surface area contributed by atoms with Crippen LogP contribution in [-0.2, 0) is 4.79 Å². The van der Waals surface area contributed by atoms with Crippen LogP contribution < -0.4 is 10.6 Å². The lowest BCUT2D eigenvalue weighted by Crippen LogP contribution is -2.33. The molecule has 1 amide bonds. The summed E-state index contributed by atoms with van der Waals surface area (Å²) in [5.74, 6) is 0.540. The van der Waals surface area contributed by atoms with Gasteiger partial charge >= 0.3 is 0 Å². The van der Waals surface area contributed by atoms with Crippen LogP contribution in [0.5, 0.6) is 0 Å². The van der Waals surface area contributed by atoms with Gasteiger partial charge in [0.25, 0.3) is 0 Å². The molecule has 1 saturated carbocycles. The Morgan fingerprint density at radius 3 is 2.88 bits per heavy atom. The summed E-state index contributed by atoms with van der Waals surface area (Å²) in [6.45, 7) is 5.86. The molecular weight excluding hydrogens is 232 g/mol. The Morgan fingerprint density at radius 2 is 2.29 bits per heavy atom. The summed E-state index contributed by atoms with van der Waals surface area (Å²) in [6.07, 6.45) is 2.15. The van der Waals surface area contributed by atoms with Crippen LogP contribution in [0.25, 0.3) is 0 Å². The number of carbonyl (C=O) groups is 1. The lowest BCUT2D eigenvalue weighted by molar-refractivity contribution is -0.122. The average molecular weight is 252 g/mol. The first-order valence-corrected chi connectivity index (χ1v) is 7.11. The smallest absolute Gasteiger partial charge is 0.223 e. The number of carbonyl (C=O) groups excluding carboxylic acids is 1. The summed E-state index contributed by atoms with van der Waals surface area (Å²) in [5, 5.41) is 8.52. The van der Waals surface area contributed by atoms with E-state index >= 15 is 0 Å². The Bertz CT molecular complexity index is 385. The van der Waals surface area contributed by atoms with Crippen molar-refractivity contribution >= 4 is 17.2 Å². The van der Waals surface area contributed by atoms with E-state index in [2.05, 4.69) is 35.9 Å². The van der Waals surface area contributed by atoms with Gasteiger partial charge in [-0.15, -0.1) is 11.3 Å². The highest BCUT2D eigenvalue weighted by Gasteiger charge is 2.28. The molecule has 2 N–H and O–H groups in total. The first-order valence-electron chi connectivity index (χ1n) is 6.23. The minimum absolute atomic E-state index is 0.228. The Morgan fingerprint density at radius 1 is 1.53 bits per heavy atom. The van der Waals surface area contributed by atoms with Gasteiger partial charge in [-0.05, 0) is 43.7 Å². The third-order valence-electron chi connectivity index (χ3n) is 3.12. The average Bonchev–Trinajstić information content (AvgIpc) is 3.07. The fourth-order valence-electron chi connectivity index (χ4n) is 1.88. The Labute approximate surface area is 107 Å². The quantitative estimate of drug-likeness (QED) is 0.762. The molecule has 1 fully saturated rings. The first-order chi connectivity index (χ1) is 8.18. The fraction of sp³-hybridized carbons (Fsp3) is 0.615. The van der Waals surface area contributed by atoms with Gasteiger partial charge in [0.1, 0.15) is 0 Å². The predicted molar refractivity (Wildman–Crippen MR) is 71.2 cm³/mol. The summed E-state index contributed by atoms with van der Waals surface area (Å²) in [5.41, 5.74) is 1.34. The van der Waals surface area contributed by atoms with E-state index in [-0.39, 0.29) is 5.91 Å². The SMILES string of the molecule is Cc1ccsc1C(C)NCCNC(=O)C1CC1. The molecule has 1 aromatic rings. The number of aryl methyl sites for hydroxylation is 1. The first kappa shape index (κ1) is 12.6. The molecule has 3 nitrogen and oxygen atoms in total. The lowest BCUT2D eigenvalue weighted by Gasteiger charge is -2.13. The molecule has 1 aliphatic rings. The summed E-state index contributed by atoms with van der Waals surface area (Å²) in [6, 6.07) is 2.51. The second-order valence-corrected chi connectivity index (χ2v) is 5.66. The molecule has 0 aliphatic heterocycles. The zero-order valence-electron chi connectivity index (χ0n) is 10.5. The van der Waals surface area contributed by atoms with E-state index in [1.54, 1.807) is 11.3 Å². The standard InChI is InChI=1S/C13H20N2OS/c1-9-5-8-17-12(9)10(2)14-6-7-15-13(16)11-3-4-11/h5,8,10-11,14H,3-4,6-7H2,1-2H3,(H,15,16). The van der Waals surface area contributed by atoms with Gasteiger partial charge in [0.15, 0.2) is 0 Å². The van der Waals surface area contributed by atoms with E-state index in [9.17, 15) is 4.79 Å². The van der Waals surface area contributed by atoms with Crippen molar-refractivity contribution in [3.05, 3.63) is 21.9 Å². The lowest BCUT2D eigenvalue weighted by atomic mass is 10.2. The van der Waals surface area contributed by atoms with Crippen molar-refractivity contribution in [2.45, 2.75) is 32.7 Å². The zero-order valence-corrected chi connectivity index (χ0v) is 11.3. The highest BCUT2D eigenvalue weighted by Crippen LogP contribution is 2.28. The molecule has 1 unspecified atom stereocenters. The van der Waals surface area contributed by atoms with Crippen LogP contribution in [0.15, 0.2) is 11.4 Å². The van der Waals surface area contributed by atoms with Gasteiger partial charge in [-0.1, -0.05) is 0 Å². The fourth-order valence-corrected chi connectivity index (χ4v) is 2.85. The molecule has 4 heteroatoms. The molecule has 0 aromatic carbocycles. The molecule has 1 atom stereocenters. The molecular formula is C13H20N2OS. The van der Waals surface area contributed by atoms with E-state index in [4.69, 9.17) is 0 Å². The van der Waals surface area contributed by atoms with Gasteiger partial charge in [-0.3, -0.25) is 4.79 Å². The van der Waals surface area contributed by atoms with Crippen LogP contribution in [0, 0.1) is 12.8 Å². The van der Waals surface area contributed by atoms with Gasteiger partial charge in [-0.25, -0.2) is 0 Å². The maximum Gasteiger partial charge on any atom is 0.223 e. The summed E-state index contributed by atoms with van der Waals surface area (Å²) < 4.78 is 0. The largest absolute Gasteiger partial charge is 0.355 e. The van der Waals surface area contributed by atoms with Gasteiger partial charge in [0.05, 0.1) is 0 Å². The van der Waals surface area contributed by atoms with Crippen LogP contribution in [0.3, 0.4) is 0 Å². The molecule has 1 aliphatic carbocycles. The highest BCUT2D eigenvalue weighted by molar-refractivity contribution is 7.10. The molecule has 0 bridgehead atoms. The monoisotopic (exact) mass is 252 g/mol. The number of hydrogen-bond acceptors (Lipinski definition) is 3. The number of nitrogens with one attached hydrogen (secondary N) is 2. The van der Waals surface area contributed by atoms with Crippen molar-refractivity contribution in [2.24, 2.45) is 5.92 Å². The van der Waals surface area contributed by atoms with Gasteiger partial charge < -0.3 is 10.6 Å². The van der Waals surface area contributed by atoms with E-state index in [0.717, 1.165) is 25.9 Å². The topological polar surface area (TPSA) is 41.1 Å². The van der Waals surface area contributed by atoms with Gasteiger partial charge in [-0.2, -0.15) is 0 Å². The van der Waals surface area contributed by atoms with E-state index in [1.807, 2.05) is 0 Å². The van der Waals surface area contributed by atoms with E-state index < -0.39 is 0 Å². The van der Waals surface area contributed by atoms with Crippen LogP contribution in [0.2, 0.25) is 0 Å². The van der Waals surface area contributed by atoms with Crippen molar-refractivity contribution in [3.63, 3.8) is 0 Å². The van der Waals surface area contributed by atoms with Crippen molar-refractivity contribution in [2.75, 3.05) is 13.1 Å². The molecule has 94 valence electrons. The minimum atomic E-state index is 0.228. The van der Waals surface area contributed by atoms with Crippen molar-refractivity contribution in [1.29, 1.82) is 0 Å². The van der Waals surface area contributed by atoms with Crippen LogP contribution in [0.4, 0.5) is 0 Å². The van der Waals surface area contributed by atoms with Crippen molar-refractivity contribution < 1.29 is 4.79 Å². The van der Waals surface area contributed by atoms with Gasteiger partial charge in [0, 0.05) is 29.9 Å².